The summed E-state index contributed by atoms with van der Waals surface area (Å²) in [6.45, 7) is 6.05. The Balaban J connectivity index is 1.92. The monoisotopic (exact) mass is 294 g/mol. The van der Waals surface area contributed by atoms with E-state index >= 15 is 0 Å². The fourth-order valence-corrected chi connectivity index (χ4v) is 2.47. The zero-order valence-corrected chi connectivity index (χ0v) is 12.9. The summed E-state index contributed by atoms with van der Waals surface area (Å²) in [5.41, 5.74) is 4.62. The maximum atomic E-state index is 12.4. The van der Waals surface area contributed by atoms with E-state index in [9.17, 15) is 4.79 Å². The molecule has 0 atom stereocenters. The molecule has 1 N–H and O–H groups in total. The molecule has 0 saturated heterocycles. The molecule has 0 radical (unpaired) electrons. The van der Waals surface area contributed by atoms with Crippen LogP contribution in [0.4, 0.5) is 5.82 Å². The Hall–Kier alpha value is -2.69. The highest BCUT2D eigenvalue weighted by atomic mass is 16.1. The zero-order chi connectivity index (χ0) is 15.7. The fourth-order valence-electron chi connectivity index (χ4n) is 2.47. The summed E-state index contributed by atoms with van der Waals surface area (Å²) in [6, 6.07) is 7.38. The summed E-state index contributed by atoms with van der Waals surface area (Å²) < 4.78 is 1.96. The molecule has 22 heavy (non-hydrogen) atoms. The van der Waals surface area contributed by atoms with Crippen LogP contribution in [-0.4, -0.2) is 20.3 Å². The van der Waals surface area contributed by atoms with E-state index in [0.29, 0.717) is 11.4 Å². The molecule has 0 aliphatic heterocycles. The number of pyridine rings is 2. The van der Waals surface area contributed by atoms with Gasteiger partial charge in [0.2, 0.25) is 0 Å². The van der Waals surface area contributed by atoms with Gasteiger partial charge in [0.25, 0.3) is 5.91 Å². The van der Waals surface area contributed by atoms with Crippen LogP contribution in [0.1, 0.15) is 34.2 Å². The standard InChI is InChI=1S/C17H18N4O/c1-4-14-12(3)21-10-13(5-6-16(21)19-14)17(22)20-15-9-11(2)7-8-18-15/h5-10H,4H2,1-3H3,(H,18,20,22). The molecule has 0 fully saturated rings. The van der Waals surface area contributed by atoms with Crippen molar-refractivity contribution in [3.8, 4) is 0 Å². The van der Waals surface area contributed by atoms with Crippen LogP contribution in [0.5, 0.6) is 0 Å². The average molecular weight is 294 g/mol. The number of carbonyl (C=O) groups excluding carboxylic acids is 1. The number of hydrogen-bond donors (Lipinski definition) is 1. The summed E-state index contributed by atoms with van der Waals surface area (Å²) in [5, 5.41) is 2.82. The molecule has 5 nitrogen and oxygen atoms in total. The number of fused-ring (bicyclic) bond motifs is 1. The average Bonchev–Trinajstić information content (AvgIpc) is 2.83. The van der Waals surface area contributed by atoms with E-state index in [1.807, 2.05) is 42.6 Å². The first kappa shape index (κ1) is 14.3. The van der Waals surface area contributed by atoms with Crippen LogP contribution in [0.3, 0.4) is 0 Å². The Morgan fingerprint density at radius 1 is 1.27 bits per heavy atom. The number of carbonyl (C=O) groups is 1. The third-order valence-corrected chi connectivity index (χ3v) is 3.71. The number of rotatable bonds is 3. The first-order chi connectivity index (χ1) is 10.6. The molecule has 5 heteroatoms. The zero-order valence-electron chi connectivity index (χ0n) is 12.9. The second-order valence-corrected chi connectivity index (χ2v) is 5.32. The number of anilines is 1. The van der Waals surface area contributed by atoms with E-state index in [2.05, 4.69) is 22.2 Å². The number of hydrogen-bond acceptors (Lipinski definition) is 3. The van der Waals surface area contributed by atoms with Gasteiger partial charge in [-0.05, 0) is 50.1 Å². The number of imidazole rings is 1. The molecule has 0 aliphatic carbocycles. The predicted molar refractivity (Wildman–Crippen MR) is 86.2 cm³/mol. The van der Waals surface area contributed by atoms with Gasteiger partial charge in [0.05, 0.1) is 11.3 Å². The molecule has 3 aromatic heterocycles. The Bertz CT molecular complexity index is 851. The molecule has 0 unspecified atom stereocenters. The van der Waals surface area contributed by atoms with Gasteiger partial charge in [0, 0.05) is 18.1 Å². The lowest BCUT2D eigenvalue weighted by molar-refractivity contribution is 0.102. The van der Waals surface area contributed by atoms with Gasteiger partial charge in [0.1, 0.15) is 11.5 Å². The number of nitrogens with zero attached hydrogens (tertiary/aromatic N) is 3. The third kappa shape index (κ3) is 2.57. The summed E-state index contributed by atoms with van der Waals surface area (Å²) in [6.07, 6.45) is 4.38. The fraction of sp³-hybridized carbons (Fsp3) is 0.235. The van der Waals surface area contributed by atoms with Crippen LogP contribution in [0.25, 0.3) is 5.65 Å². The topological polar surface area (TPSA) is 59.3 Å². The highest BCUT2D eigenvalue weighted by Gasteiger charge is 2.11. The minimum Gasteiger partial charge on any atom is -0.307 e. The highest BCUT2D eigenvalue weighted by molar-refractivity contribution is 6.03. The molecule has 0 aromatic carbocycles. The molecule has 3 heterocycles. The molecule has 0 aliphatic rings. The van der Waals surface area contributed by atoms with Gasteiger partial charge in [0.15, 0.2) is 0 Å². The van der Waals surface area contributed by atoms with E-state index in [1.165, 1.54) is 0 Å². The second kappa shape index (κ2) is 5.60. The van der Waals surface area contributed by atoms with Gasteiger partial charge >= 0.3 is 0 Å². The molecule has 0 saturated carbocycles. The summed E-state index contributed by atoms with van der Waals surface area (Å²) in [7, 11) is 0. The lowest BCUT2D eigenvalue weighted by Crippen LogP contribution is -2.13. The van der Waals surface area contributed by atoms with Gasteiger partial charge in [-0.25, -0.2) is 9.97 Å². The van der Waals surface area contributed by atoms with Crippen molar-refractivity contribution in [2.24, 2.45) is 0 Å². The molecule has 0 bridgehead atoms. The lowest BCUT2D eigenvalue weighted by Gasteiger charge is -2.06. The van der Waals surface area contributed by atoms with Crippen LogP contribution in [-0.2, 0) is 6.42 Å². The maximum Gasteiger partial charge on any atom is 0.258 e. The van der Waals surface area contributed by atoms with Crippen molar-refractivity contribution in [3.63, 3.8) is 0 Å². The van der Waals surface area contributed by atoms with Gasteiger partial charge in [-0.1, -0.05) is 6.92 Å². The summed E-state index contributed by atoms with van der Waals surface area (Å²) in [5.74, 6) is 0.382. The maximum absolute atomic E-state index is 12.4. The minimum absolute atomic E-state index is 0.175. The Morgan fingerprint density at radius 2 is 2.09 bits per heavy atom. The smallest absolute Gasteiger partial charge is 0.258 e. The molecule has 3 aromatic rings. The number of nitrogens with one attached hydrogen (secondary N) is 1. The molecule has 0 spiro atoms. The van der Waals surface area contributed by atoms with Crippen LogP contribution < -0.4 is 5.32 Å². The molecular weight excluding hydrogens is 276 g/mol. The quantitative estimate of drug-likeness (QED) is 0.807. The Kier molecular flexibility index (Phi) is 3.63. The van der Waals surface area contributed by atoms with Gasteiger partial charge in [-0.15, -0.1) is 0 Å². The largest absolute Gasteiger partial charge is 0.307 e. The predicted octanol–water partition coefficient (Wildman–Crippen LogP) is 3.16. The van der Waals surface area contributed by atoms with Crippen molar-refractivity contribution in [2.45, 2.75) is 27.2 Å². The lowest BCUT2D eigenvalue weighted by atomic mass is 10.2. The van der Waals surface area contributed by atoms with Crippen LogP contribution in [0.15, 0.2) is 36.7 Å². The number of aromatic nitrogens is 3. The van der Waals surface area contributed by atoms with Crippen molar-refractivity contribution in [1.82, 2.24) is 14.4 Å². The summed E-state index contributed by atoms with van der Waals surface area (Å²) >= 11 is 0. The van der Waals surface area contributed by atoms with Crippen molar-refractivity contribution in [2.75, 3.05) is 5.32 Å². The first-order valence-electron chi connectivity index (χ1n) is 7.30. The Labute approximate surface area is 129 Å². The van der Waals surface area contributed by atoms with Gasteiger partial charge in [-0.3, -0.25) is 4.79 Å². The highest BCUT2D eigenvalue weighted by Crippen LogP contribution is 2.15. The molecular formula is C17H18N4O. The summed E-state index contributed by atoms with van der Waals surface area (Å²) in [4.78, 5) is 21.1. The van der Waals surface area contributed by atoms with Gasteiger partial charge < -0.3 is 9.72 Å². The Morgan fingerprint density at radius 3 is 2.82 bits per heavy atom. The van der Waals surface area contributed by atoms with E-state index in [0.717, 1.165) is 29.0 Å². The minimum atomic E-state index is -0.175. The third-order valence-electron chi connectivity index (χ3n) is 3.71. The number of aryl methyl sites for hydroxylation is 3. The van der Waals surface area contributed by atoms with Crippen molar-refractivity contribution >= 4 is 17.4 Å². The van der Waals surface area contributed by atoms with E-state index in [4.69, 9.17) is 0 Å². The van der Waals surface area contributed by atoms with E-state index in [1.54, 1.807) is 12.3 Å². The van der Waals surface area contributed by atoms with E-state index < -0.39 is 0 Å². The van der Waals surface area contributed by atoms with Crippen LogP contribution in [0.2, 0.25) is 0 Å². The SMILES string of the molecule is CCc1nc2ccc(C(=O)Nc3cc(C)ccn3)cn2c1C. The van der Waals surface area contributed by atoms with Crippen LogP contribution in [0, 0.1) is 13.8 Å². The van der Waals surface area contributed by atoms with Crippen molar-refractivity contribution < 1.29 is 4.79 Å². The van der Waals surface area contributed by atoms with E-state index in [-0.39, 0.29) is 5.91 Å². The molecule has 3 rings (SSSR count). The van der Waals surface area contributed by atoms with Crippen molar-refractivity contribution in [3.05, 3.63) is 59.2 Å². The normalized spacial score (nSPS) is 10.9. The molecule has 1 amide bonds. The second-order valence-electron chi connectivity index (χ2n) is 5.32. The van der Waals surface area contributed by atoms with Crippen molar-refractivity contribution in [1.29, 1.82) is 0 Å². The first-order valence-corrected chi connectivity index (χ1v) is 7.30. The molecule has 112 valence electrons. The number of amides is 1. The van der Waals surface area contributed by atoms with Gasteiger partial charge in [-0.2, -0.15) is 0 Å². The van der Waals surface area contributed by atoms with Crippen LogP contribution >= 0.6 is 0 Å².